The molecule has 0 aliphatic carbocycles. The largest absolute Gasteiger partial charge is 0.373 e. The highest BCUT2D eigenvalue weighted by Crippen LogP contribution is 2.31. The van der Waals surface area contributed by atoms with E-state index in [1.54, 1.807) is 0 Å². The number of piperidine rings is 1. The first-order valence-electron chi connectivity index (χ1n) is 9.98. The number of rotatable bonds is 4. The maximum absolute atomic E-state index is 12.6. The Morgan fingerprint density at radius 3 is 2.64 bits per heavy atom. The molecule has 1 amide bonds. The van der Waals surface area contributed by atoms with Crippen molar-refractivity contribution in [2.75, 3.05) is 26.2 Å². The second kappa shape index (κ2) is 7.67. The molecular weight excluding hydrogens is 358 g/mol. The van der Waals surface area contributed by atoms with Crippen LogP contribution in [0.25, 0.3) is 0 Å². The zero-order valence-electron chi connectivity index (χ0n) is 17.0. The number of hydrogen-bond acceptors (Lipinski definition) is 6. The summed E-state index contributed by atoms with van der Waals surface area (Å²) in [5.74, 6) is 0.853. The van der Waals surface area contributed by atoms with Gasteiger partial charge in [-0.25, -0.2) is 0 Å². The van der Waals surface area contributed by atoms with Crippen LogP contribution < -0.4 is 0 Å². The van der Waals surface area contributed by atoms with Crippen molar-refractivity contribution >= 4 is 5.91 Å². The van der Waals surface area contributed by atoms with Crippen molar-refractivity contribution < 1.29 is 14.1 Å². The molecule has 2 aliphatic heterocycles. The van der Waals surface area contributed by atoms with Crippen molar-refractivity contribution in [3.8, 4) is 0 Å². The molecule has 0 unspecified atom stereocenters. The number of amides is 1. The van der Waals surface area contributed by atoms with E-state index in [4.69, 9.17) is 9.26 Å². The summed E-state index contributed by atoms with van der Waals surface area (Å²) in [6.45, 7) is 8.39. The summed E-state index contributed by atoms with van der Waals surface area (Å²) in [5.41, 5.74) is 3.06. The molecule has 0 N–H and O–H groups in total. The lowest BCUT2D eigenvalue weighted by atomic mass is 9.90. The van der Waals surface area contributed by atoms with Gasteiger partial charge >= 0.3 is 0 Å². The Morgan fingerprint density at radius 1 is 1.21 bits per heavy atom. The van der Waals surface area contributed by atoms with E-state index in [0.717, 1.165) is 43.9 Å². The average Bonchev–Trinajstić information content (AvgIpc) is 3.18. The Morgan fingerprint density at radius 2 is 2.00 bits per heavy atom. The van der Waals surface area contributed by atoms with Crippen molar-refractivity contribution in [3.05, 3.63) is 35.0 Å². The van der Waals surface area contributed by atoms with Crippen LogP contribution in [0.3, 0.4) is 0 Å². The maximum atomic E-state index is 12.6. The molecule has 0 atom stereocenters. The lowest BCUT2D eigenvalue weighted by Gasteiger charge is -2.42. The Balaban J connectivity index is 1.40. The second-order valence-corrected chi connectivity index (χ2v) is 8.12. The molecule has 0 saturated carbocycles. The van der Waals surface area contributed by atoms with Crippen LogP contribution in [0.4, 0.5) is 0 Å². The van der Waals surface area contributed by atoms with Gasteiger partial charge in [0.25, 0.3) is 0 Å². The number of carbonyl (C=O) groups excluding carboxylic acids is 1. The fourth-order valence-electron chi connectivity index (χ4n) is 4.18. The molecule has 0 radical (unpaired) electrons. The third-order valence-electron chi connectivity index (χ3n) is 6.08. The zero-order chi connectivity index (χ0) is 19.7. The van der Waals surface area contributed by atoms with E-state index in [2.05, 4.69) is 22.1 Å². The van der Waals surface area contributed by atoms with Crippen LogP contribution in [-0.2, 0) is 29.7 Å². The first-order chi connectivity index (χ1) is 13.4. The molecule has 2 aliphatic rings. The Labute approximate surface area is 165 Å². The summed E-state index contributed by atoms with van der Waals surface area (Å²) in [7, 11) is 1.98. The van der Waals surface area contributed by atoms with Crippen molar-refractivity contribution in [1.29, 1.82) is 0 Å². The number of ether oxygens (including phenoxy) is 1. The Hall–Kier alpha value is -2.19. The fraction of sp³-hybridized carbons (Fsp3) is 0.650. The van der Waals surface area contributed by atoms with Crippen molar-refractivity contribution in [1.82, 2.24) is 24.7 Å². The molecule has 1 spiro atoms. The van der Waals surface area contributed by atoms with Gasteiger partial charge in [0.2, 0.25) is 5.91 Å². The Bertz CT molecular complexity index is 835. The summed E-state index contributed by atoms with van der Waals surface area (Å²) < 4.78 is 13.5. The van der Waals surface area contributed by atoms with Crippen LogP contribution in [0.2, 0.25) is 0 Å². The minimum absolute atomic E-state index is 0.124. The summed E-state index contributed by atoms with van der Waals surface area (Å²) >= 11 is 0. The first-order valence-corrected chi connectivity index (χ1v) is 9.98. The third kappa shape index (κ3) is 3.98. The molecule has 2 fully saturated rings. The molecule has 8 heteroatoms. The van der Waals surface area contributed by atoms with Gasteiger partial charge < -0.3 is 14.2 Å². The Kier molecular flexibility index (Phi) is 5.25. The van der Waals surface area contributed by atoms with Gasteiger partial charge in [-0.2, -0.15) is 5.10 Å². The van der Waals surface area contributed by atoms with Crippen LogP contribution >= 0.6 is 0 Å². The standard InChI is InChI=1S/C20H29N5O3/c1-15-10-18(28-22-15)13-25-14-20(27-9-4-19(25)26)5-7-24(8-6-20)12-17-11-21-23(3)16(17)2/h10-11H,4-9,12-14H2,1-3H3. The molecule has 0 aromatic carbocycles. The number of aryl methyl sites for hydroxylation is 2. The third-order valence-corrected chi connectivity index (χ3v) is 6.08. The molecular formula is C20H29N5O3. The van der Waals surface area contributed by atoms with E-state index in [1.807, 2.05) is 35.8 Å². The van der Waals surface area contributed by atoms with E-state index in [1.165, 1.54) is 11.3 Å². The zero-order valence-corrected chi connectivity index (χ0v) is 17.0. The van der Waals surface area contributed by atoms with Gasteiger partial charge in [-0.3, -0.25) is 14.4 Å². The van der Waals surface area contributed by atoms with Gasteiger partial charge in [0, 0.05) is 44.0 Å². The normalized spacial score (nSPS) is 20.7. The van der Waals surface area contributed by atoms with E-state index in [9.17, 15) is 4.79 Å². The number of aromatic nitrogens is 3. The summed E-state index contributed by atoms with van der Waals surface area (Å²) in [5, 5.41) is 8.28. The summed E-state index contributed by atoms with van der Waals surface area (Å²) in [4.78, 5) is 16.9. The molecule has 2 aromatic heterocycles. The van der Waals surface area contributed by atoms with Gasteiger partial charge in [-0.15, -0.1) is 0 Å². The predicted octanol–water partition coefficient (Wildman–Crippen LogP) is 1.81. The van der Waals surface area contributed by atoms with Gasteiger partial charge in [-0.1, -0.05) is 5.16 Å². The van der Waals surface area contributed by atoms with Crippen molar-refractivity contribution in [2.24, 2.45) is 7.05 Å². The minimum atomic E-state index is -0.262. The van der Waals surface area contributed by atoms with E-state index >= 15 is 0 Å². The second-order valence-electron chi connectivity index (χ2n) is 8.12. The molecule has 8 nitrogen and oxygen atoms in total. The van der Waals surface area contributed by atoms with E-state index in [-0.39, 0.29) is 11.5 Å². The molecule has 2 saturated heterocycles. The van der Waals surface area contributed by atoms with Crippen LogP contribution in [0, 0.1) is 13.8 Å². The number of nitrogens with zero attached hydrogens (tertiary/aromatic N) is 5. The van der Waals surface area contributed by atoms with Crippen LogP contribution in [-0.4, -0.2) is 62.5 Å². The van der Waals surface area contributed by atoms with Crippen LogP contribution in [0.1, 0.15) is 42.0 Å². The quantitative estimate of drug-likeness (QED) is 0.796. The highest BCUT2D eigenvalue weighted by molar-refractivity contribution is 5.76. The maximum Gasteiger partial charge on any atom is 0.225 e. The lowest BCUT2D eigenvalue weighted by Crippen LogP contribution is -2.51. The van der Waals surface area contributed by atoms with Gasteiger partial charge in [0.1, 0.15) is 0 Å². The first kappa shape index (κ1) is 19.1. The molecule has 2 aromatic rings. The summed E-state index contributed by atoms with van der Waals surface area (Å²) in [6, 6.07) is 1.89. The van der Waals surface area contributed by atoms with Crippen LogP contribution in [0.15, 0.2) is 16.8 Å². The number of likely N-dealkylation sites (tertiary alicyclic amines) is 1. The predicted molar refractivity (Wildman–Crippen MR) is 102 cm³/mol. The topological polar surface area (TPSA) is 76.6 Å². The van der Waals surface area contributed by atoms with Crippen molar-refractivity contribution in [3.63, 3.8) is 0 Å². The summed E-state index contributed by atoms with van der Waals surface area (Å²) in [6.07, 6.45) is 4.23. The molecule has 0 bridgehead atoms. The van der Waals surface area contributed by atoms with Crippen molar-refractivity contribution in [2.45, 2.75) is 51.8 Å². The van der Waals surface area contributed by atoms with E-state index in [0.29, 0.717) is 26.1 Å². The molecule has 4 heterocycles. The highest BCUT2D eigenvalue weighted by atomic mass is 16.5. The SMILES string of the molecule is Cc1cc(CN2CC3(CCN(Cc4cnn(C)c4C)CC3)OCCC2=O)on1. The highest BCUT2D eigenvalue weighted by Gasteiger charge is 2.40. The van der Waals surface area contributed by atoms with Gasteiger partial charge in [0.05, 0.1) is 43.6 Å². The molecule has 152 valence electrons. The minimum Gasteiger partial charge on any atom is -0.373 e. The average molecular weight is 387 g/mol. The number of carbonyl (C=O) groups is 1. The van der Waals surface area contributed by atoms with Gasteiger partial charge in [0.15, 0.2) is 5.76 Å². The fourth-order valence-corrected chi connectivity index (χ4v) is 4.18. The monoisotopic (exact) mass is 387 g/mol. The number of hydrogen-bond donors (Lipinski definition) is 0. The molecule has 4 rings (SSSR count). The lowest BCUT2D eigenvalue weighted by molar-refractivity contribution is -0.132. The smallest absolute Gasteiger partial charge is 0.225 e. The van der Waals surface area contributed by atoms with E-state index < -0.39 is 0 Å². The van der Waals surface area contributed by atoms with Crippen LogP contribution in [0.5, 0.6) is 0 Å². The van der Waals surface area contributed by atoms with Gasteiger partial charge in [-0.05, 0) is 26.7 Å². The molecule has 28 heavy (non-hydrogen) atoms.